The van der Waals surface area contributed by atoms with E-state index in [0.29, 0.717) is 0 Å². The molecule has 0 aliphatic carbocycles. The van der Waals surface area contributed by atoms with Crippen LogP contribution in [0, 0.1) is 0 Å². The van der Waals surface area contributed by atoms with E-state index < -0.39 is 24.8 Å². The van der Waals surface area contributed by atoms with Crippen molar-refractivity contribution in [1.82, 2.24) is 0 Å². The first-order chi connectivity index (χ1) is 16.6. The Kier molecular flexibility index (Phi) is 24.0. The average Bonchev–Trinajstić information content (AvgIpc) is 2.84. The zero-order valence-corrected chi connectivity index (χ0v) is 22.3. The van der Waals surface area contributed by atoms with Gasteiger partial charge in [0.2, 0.25) is 0 Å². The van der Waals surface area contributed by atoms with Gasteiger partial charge in [0.1, 0.15) is 0 Å². The van der Waals surface area contributed by atoms with Gasteiger partial charge in [0.05, 0.1) is 6.61 Å². The number of unbranched alkanes of at least 4 members (excludes halogenated alkanes) is 15. The minimum Gasteiger partial charge on any atom is -0.457 e. The molecule has 0 aromatic rings. The van der Waals surface area contributed by atoms with Gasteiger partial charge in [-0.2, -0.15) is 0 Å². The third-order valence-corrected chi connectivity index (χ3v) is 6.31. The van der Waals surface area contributed by atoms with Crippen molar-refractivity contribution in [3.05, 3.63) is 12.2 Å². The topological polar surface area (TPSA) is 83.8 Å². The maximum absolute atomic E-state index is 12.1. The van der Waals surface area contributed by atoms with Gasteiger partial charge in [0.25, 0.3) is 0 Å². The molecule has 2 N–H and O–H groups in total. The lowest BCUT2D eigenvalue weighted by Gasteiger charge is -2.20. The summed E-state index contributed by atoms with van der Waals surface area (Å²) in [6, 6.07) is 0. The third-order valence-electron chi connectivity index (χ3n) is 6.31. The van der Waals surface area contributed by atoms with Crippen molar-refractivity contribution in [1.29, 1.82) is 0 Å². The summed E-state index contributed by atoms with van der Waals surface area (Å²) in [6.45, 7) is 3.84. The van der Waals surface area contributed by atoms with Crippen molar-refractivity contribution in [2.24, 2.45) is 0 Å². The fraction of sp³-hybridized carbons (Fsp3) is 0.862. The Balaban J connectivity index is 3.73. The Morgan fingerprint density at radius 2 is 1.12 bits per heavy atom. The Morgan fingerprint density at radius 3 is 1.62 bits per heavy atom. The fourth-order valence-electron chi connectivity index (χ4n) is 4.03. The summed E-state index contributed by atoms with van der Waals surface area (Å²) in [5.41, 5.74) is 0. The molecule has 200 valence electrons. The molecular formula is C29H54O5. The van der Waals surface area contributed by atoms with E-state index in [9.17, 15) is 19.8 Å². The van der Waals surface area contributed by atoms with Gasteiger partial charge in [-0.1, -0.05) is 103 Å². The summed E-state index contributed by atoms with van der Waals surface area (Å²) < 4.78 is 5.18. The second kappa shape index (κ2) is 24.9. The van der Waals surface area contributed by atoms with E-state index in [2.05, 4.69) is 26.0 Å². The molecule has 0 bridgehead atoms. The van der Waals surface area contributed by atoms with E-state index in [1.165, 1.54) is 51.4 Å². The average molecular weight is 483 g/mol. The predicted molar refractivity (Wildman–Crippen MR) is 141 cm³/mol. The standard InChI is InChI=1S/C29H54O5/c1-3-5-7-9-10-11-12-13-14-15-16-17-18-20-22-24-28(32)34-27(25-30)29(33)26(31)23-21-19-8-6-4-2/h13-14,27,29-30,33H,3-12,15-25H2,1-2H3/b14-13-. The third kappa shape index (κ3) is 20.2. The van der Waals surface area contributed by atoms with E-state index >= 15 is 0 Å². The Morgan fingerprint density at radius 1 is 0.676 bits per heavy atom. The zero-order valence-electron chi connectivity index (χ0n) is 22.3. The summed E-state index contributed by atoms with van der Waals surface area (Å²) in [5.74, 6) is -0.809. The van der Waals surface area contributed by atoms with Crippen LogP contribution in [0.4, 0.5) is 0 Å². The van der Waals surface area contributed by atoms with Crippen LogP contribution in [-0.2, 0) is 14.3 Å². The number of ether oxygens (including phenoxy) is 1. The van der Waals surface area contributed by atoms with Crippen LogP contribution in [-0.4, -0.2) is 40.8 Å². The number of allylic oxidation sites excluding steroid dienone is 2. The first kappa shape index (κ1) is 32.8. The molecule has 5 heteroatoms. The lowest BCUT2D eigenvalue weighted by molar-refractivity contribution is -0.161. The van der Waals surface area contributed by atoms with Gasteiger partial charge >= 0.3 is 5.97 Å². The molecule has 0 radical (unpaired) electrons. The monoisotopic (exact) mass is 482 g/mol. The summed E-state index contributed by atoms with van der Waals surface area (Å²) in [6.07, 6.45) is 23.1. The molecule has 0 aliphatic heterocycles. The lowest BCUT2D eigenvalue weighted by atomic mass is 10.0. The van der Waals surface area contributed by atoms with Crippen molar-refractivity contribution in [3.8, 4) is 0 Å². The summed E-state index contributed by atoms with van der Waals surface area (Å²) in [7, 11) is 0. The van der Waals surface area contributed by atoms with Crippen LogP contribution in [0.3, 0.4) is 0 Å². The number of carbonyl (C=O) groups excluding carboxylic acids is 2. The minimum absolute atomic E-state index is 0.257. The first-order valence-electron chi connectivity index (χ1n) is 14.2. The molecule has 5 nitrogen and oxygen atoms in total. The second-order valence-electron chi connectivity index (χ2n) is 9.62. The highest BCUT2D eigenvalue weighted by Crippen LogP contribution is 2.13. The molecule has 0 rings (SSSR count). The first-order valence-corrected chi connectivity index (χ1v) is 14.2. The van der Waals surface area contributed by atoms with Crippen LogP contribution in [0.1, 0.15) is 142 Å². The van der Waals surface area contributed by atoms with Crippen LogP contribution in [0.15, 0.2) is 12.2 Å². The normalized spacial score (nSPS) is 13.3. The molecular weight excluding hydrogens is 428 g/mol. The smallest absolute Gasteiger partial charge is 0.306 e. The van der Waals surface area contributed by atoms with Gasteiger partial charge in [-0.05, 0) is 38.5 Å². The van der Waals surface area contributed by atoms with Crippen LogP contribution >= 0.6 is 0 Å². The molecule has 2 unspecified atom stereocenters. The van der Waals surface area contributed by atoms with Gasteiger partial charge < -0.3 is 14.9 Å². The Hall–Kier alpha value is -1.20. The molecule has 0 saturated carbocycles. The maximum Gasteiger partial charge on any atom is 0.306 e. The quantitative estimate of drug-likeness (QED) is 0.0815. The van der Waals surface area contributed by atoms with E-state index in [4.69, 9.17) is 4.74 Å². The van der Waals surface area contributed by atoms with E-state index in [-0.39, 0.29) is 18.6 Å². The number of carbonyl (C=O) groups is 2. The number of Topliss-reactive ketones (excluding diaryl/α,β-unsaturated/α-hetero) is 1. The van der Waals surface area contributed by atoms with Crippen molar-refractivity contribution in [3.63, 3.8) is 0 Å². The number of hydrogen-bond acceptors (Lipinski definition) is 5. The molecule has 0 aromatic carbocycles. The fourth-order valence-corrected chi connectivity index (χ4v) is 4.03. The number of aliphatic hydroxyl groups excluding tert-OH is 2. The molecule has 0 aromatic heterocycles. The summed E-state index contributed by atoms with van der Waals surface area (Å²) in [4.78, 5) is 24.1. The van der Waals surface area contributed by atoms with Crippen molar-refractivity contribution >= 4 is 11.8 Å². The van der Waals surface area contributed by atoms with Gasteiger partial charge in [-0.3, -0.25) is 9.59 Å². The summed E-state index contributed by atoms with van der Waals surface area (Å²) >= 11 is 0. The van der Waals surface area contributed by atoms with E-state index in [1.54, 1.807) is 0 Å². The second-order valence-corrected chi connectivity index (χ2v) is 9.62. The van der Waals surface area contributed by atoms with E-state index in [1.807, 2.05) is 0 Å². The SMILES string of the molecule is CCCCCCCC/C=C\CCCCCCCC(=O)OC(CO)C(O)C(=O)CCCCCCC. The lowest BCUT2D eigenvalue weighted by Crippen LogP contribution is -2.40. The molecule has 0 spiro atoms. The maximum atomic E-state index is 12.1. The summed E-state index contributed by atoms with van der Waals surface area (Å²) in [5, 5.41) is 19.6. The number of ketones is 1. The molecule has 0 aliphatic rings. The molecule has 34 heavy (non-hydrogen) atoms. The highest BCUT2D eigenvalue weighted by Gasteiger charge is 2.28. The van der Waals surface area contributed by atoms with Gasteiger partial charge in [0.15, 0.2) is 18.0 Å². The highest BCUT2D eigenvalue weighted by molar-refractivity contribution is 5.83. The molecule has 0 fully saturated rings. The van der Waals surface area contributed by atoms with Crippen LogP contribution in [0.2, 0.25) is 0 Å². The number of aliphatic hydroxyl groups is 2. The Bertz CT molecular complexity index is 503. The molecule has 0 saturated heterocycles. The van der Waals surface area contributed by atoms with Crippen molar-refractivity contribution in [2.45, 2.75) is 154 Å². The zero-order chi connectivity index (χ0) is 25.3. The molecule has 0 amide bonds. The van der Waals surface area contributed by atoms with E-state index in [0.717, 1.165) is 64.2 Å². The van der Waals surface area contributed by atoms with Crippen molar-refractivity contribution < 1.29 is 24.5 Å². The number of rotatable bonds is 25. The van der Waals surface area contributed by atoms with Crippen LogP contribution in [0.5, 0.6) is 0 Å². The number of esters is 1. The van der Waals surface area contributed by atoms with Crippen LogP contribution in [0.25, 0.3) is 0 Å². The molecule has 2 atom stereocenters. The minimum atomic E-state index is -1.44. The Labute approximate surface area is 209 Å². The van der Waals surface area contributed by atoms with Crippen molar-refractivity contribution in [2.75, 3.05) is 6.61 Å². The van der Waals surface area contributed by atoms with Gasteiger partial charge in [-0.25, -0.2) is 0 Å². The van der Waals surface area contributed by atoms with Gasteiger partial charge in [-0.15, -0.1) is 0 Å². The van der Waals surface area contributed by atoms with Crippen LogP contribution < -0.4 is 0 Å². The van der Waals surface area contributed by atoms with Gasteiger partial charge in [0, 0.05) is 12.8 Å². The largest absolute Gasteiger partial charge is 0.457 e. The predicted octanol–water partition coefficient (Wildman–Crippen LogP) is 7.22. The number of hydrogen-bond donors (Lipinski definition) is 2. The highest BCUT2D eigenvalue weighted by atomic mass is 16.6. The molecule has 0 heterocycles.